The number of nitrogen functional groups attached to an aromatic ring is 1. The molecule has 3 atom stereocenters. The summed E-state index contributed by atoms with van der Waals surface area (Å²) < 4.78 is 45.1. The highest BCUT2D eigenvalue weighted by Crippen LogP contribution is 2.35. The zero-order valence-electron chi connectivity index (χ0n) is 31.9. The summed E-state index contributed by atoms with van der Waals surface area (Å²) in [7, 11) is 4.50. The Labute approximate surface area is 322 Å². The van der Waals surface area contributed by atoms with E-state index in [4.69, 9.17) is 34.2 Å². The van der Waals surface area contributed by atoms with Gasteiger partial charge in [0.05, 0.1) is 37.6 Å². The van der Waals surface area contributed by atoms with Gasteiger partial charge in [-0.3, -0.25) is 44.7 Å². The average molecular weight is 781 g/mol. The lowest BCUT2D eigenvalue weighted by Crippen LogP contribution is -2.34. The number of benzene rings is 3. The standard InChI is InChI=1S/C13H14FNO4.C13H16N2O4.C13H15NO4/c1-13(6-11(16)15-12(13)17)7-19-10-5-8(14)3-4-9(10)18-2;1-13(6-11(16)15-12(13)17)7-19-9-4-3-8(14)5-10(9)18-2;1-13(7-11(15)14-12(13)16)8-18-10-6-4-3-5-9(10)17-2/h3-5H,6-7H2,1-2H3,(H,15,16,17);3-5H,6-7,14H2,1-2H3,(H,15,16,17);3-6H,7-8H2,1-2H3,(H,14,15,16). The summed E-state index contributed by atoms with van der Waals surface area (Å²) >= 11 is 0. The Bertz CT molecular complexity index is 1990. The van der Waals surface area contributed by atoms with Gasteiger partial charge in [-0.15, -0.1) is 0 Å². The minimum absolute atomic E-state index is 0.0234. The SMILES string of the molecule is COc1cc(N)ccc1OCC1(C)CC(=O)NC1=O.COc1ccc(F)cc1OCC1(C)CC(=O)NC1=O.COc1ccccc1OCC1(C)CC(=O)NC1=O. The van der Waals surface area contributed by atoms with Crippen molar-refractivity contribution < 1.29 is 61.6 Å². The third-order valence-corrected chi connectivity index (χ3v) is 9.08. The number of nitrogens with two attached hydrogens (primary N) is 1. The Hall–Kier alpha value is -6.39. The lowest BCUT2D eigenvalue weighted by Gasteiger charge is -2.20. The number of imide groups is 3. The predicted molar refractivity (Wildman–Crippen MR) is 197 cm³/mol. The molecule has 3 saturated heterocycles. The van der Waals surface area contributed by atoms with Gasteiger partial charge < -0.3 is 34.2 Å². The van der Waals surface area contributed by atoms with Crippen LogP contribution in [0.2, 0.25) is 0 Å². The average Bonchev–Trinajstić information content (AvgIpc) is 3.69. The number of ether oxygens (including phenoxy) is 6. The molecule has 300 valence electrons. The van der Waals surface area contributed by atoms with E-state index in [1.165, 1.54) is 32.4 Å². The number of rotatable bonds is 12. The van der Waals surface area contributed by atoms with Crippen molar-refractivity contribution >= 4 is 41.1 Å². The van der Waals surface area contributed by atoms with Crippen LogP contribution in [0.15, 0.2) is 60.7 Å². The lowest BCUT2D eigenvalue weighted by molar-refractivity contribution is -0.130. The molecule has 0 aromatic heterocycles. The number of para-hydroxylation sites is 2. The molecule has 0 saturated carbocycles. The number of carbonyl (C=O) groups is 6. The maximum Gasteiger partial charge on any atom is 0.236 e. The third-order valence-electron chi connectivity index (χ3n) is 9.08. The van der Waals surface area contributed by atoms with Crippen LogP contribution in [0.4, 0.5) is 10.1 Å². The molecule has 3 unspecified atom stereocenters. The van der Waals surface area contributed by atoms with E-state index in [0.29, 0.717) is 34.4 Å². The molecule has 17 heteroatoms. The second-order valence-electron chi connectivity index (χ2n) is 14.1. The number of carbonyl (C=O) groups excluding carboxylic acids is 6. The van der Waals surface area contributed by atoms with Crippen molar-refractivity contribution in [3.8, 4) is 34.5 Å². The fraction of sp³-hybridized carbons (Fsp3) is 0.385. The quantitative estimate of drug-likeness (QED) is 0.154. The Morgan fingerprint density at radius 2 is 0.911 bits per heavy atom. The molecule has 3 aromatic rings. The van der Waals surface area contributed by atoms with E-state index >= 15 is 0 Å². The van der Waals surface area contributed by atoms with Gasteiger partial charge in [0.1, 0.15) is 25.6 Å². The highest BCUT2D eigenvalue weighted by atomic mass is 19.1. The van der Waals surface area contributed by atoms with E-state index in [9.17, 15) is 33.2 Å². The van der Waals surface area contributed by atoms with E-state index in [2.05, 4.69) is 16.0 Å². The molecular weight excluding hydrogens is 735 g/mol. The van der Waals surface area contributed by atoms with Crippen molar-refractivity contribution in [1.82, 2.24) is 16.0 Å². The molecule has 3 aromatic carbocycles. The van der Waals surface area contributed by atoms with Crippen molar-refractivity contribution in [1.29, 1.82) is 0 Å². The van der Waals surface area contributed by atoms with Gasteiger partial charge in [-0.25, -0.2) is 4.39 Å². The van der Waals surface area contributed by atoms with E-state index in [-0.39, 0.29) is 80.3 Å². The first-order valence-electron chi connectivity index (χ1n) is 17.3. The van der Waals surface area contributed by atoms with Gasteiger partial charge in [0.25, 0.3) is 0 Å². The van der Waals surface area contributed by atoms with Crippen LogP contribution in [0, 0.1) is 22.1 Å². The second kappa shape index (κ2) is 17.8. The molecule has 0 spiro atoms. The second-order valence-corrected chi connectivity index (χ2v) is 14.1. The number of methoxy groups -OCH3 is 3. The summed E-state index contributed by atoms with van der Waals surface area (Å²) in [6.07, 6.45) is 0.341. The van der Waals surface area contributed by atoms with Crippen LogP contribution >= 0.6 is 0 Å². The van der Waals surface area contributed by atoms with E-state index < -0.39 is 22.1 Å². The molecule has 3 fully saturated rings. The number of amides is 6. The maximum atomic E-state index is 13.1. The van der Waals surface area contributed by atoms with Crippen LogP contribution in [0.5, 0.6) is 34.5 Å². The van der Waals surface area contributed by atoms with E-state index in [1.807, 2.05) is 12.1 Å². The molecule has 3 aliphatic rings. The summed E-state index contributed by atoms with van der Waals surface area (Å²) in [5.74, 6) is 0.409. The van der Waals surface area contributed by atoms with Crippen LogP contribution in [0.1, 0.15) is 40.0 Å². The van der Waals surface area contributed by atoms with Crippen LogP contribution in [-0.4, -0.2) is 76.6 Å². The first kappa shape index (κ1) is 42.4. The van der Waals surface area contributed by atoms with Crippen LogP contribution in [0.3, 0.4) is 0 Å². The normalized spacial score (nSPS) is 22.4. The van der Waals surface area contributed by atoms with Crippen LogP contribution in [-0.2, 0) is 28.8 Å². The zero-order chi connectivity index (χ0) is 41.3. The van der Waals surface area contributed by atoms with Crippen molar-refractivity contribution in [2.24, 2.45) is 16.2 Å². The Kier molecular flexibility index (Phi) is 13.5. The van der Waals surface area contributed by atoms with Crippen molar-refractivity contribution in [2.45, 2.75) is 40.0 Å². The number of hydrogen-bond acceptors (Lipinski definition) is 13. The predicted octanol–water partition coefficient (Wildman–Crippen LogP) is 3.10. The van der Waals surface area contributed by atoms with Gasteiger partial charge >= 0.3 is 0 Å². The monoisotopic (exact) mass is 780 g/mol. The lowest BCUT2D eigenvalue weighted by atomic mass is 9.90. The summed E-state index contributed by atoms with van der Waals surface area (Å²) in [5.41, 5.74) is 3.62. The van der Waals surface area contributed by atoms with Crippen LogP contribution < -0.4 is 50.1 Å². The molecular formula is C39H45FN4O12. The van der Waals surface area contributed by atoms with Gasteiger partial charge in [0, 0.05) is 37.1 Å². The highest BCUT2D eigenvalue weighted by molar-refractivity contribution is 6.06. The molecule has 3 heterocycles. The van der Waals surface area contributed by atoms with Crippen LogP contribution in [0.25, 0.3) is 0 Å². The molecule has 5 N–H and O–H groups in total. The number of halogens is 1. The molecule has 56 heavy (non-hydrogen) atoms. The van der Waals surface area contributed by atoms with Gasteiger partial charge in [0.15, 0.2) is 34.5 Å². The Morgan fingerprint density at radius 1 is 0.536 bits per heavy atom. The fourth-order valence-electron chi connectivity index (χ4n) is 5.63. The van der Waals surface area contributed by atoms with E-state index in [1.54, 1.807) is 58.2 Å². The number of anilines is 1. The molecule has 0 aliphatic carbocycles. The molecule has 6 amide bonds. The van der Waals surface area contributed by atoms with Gasteiger partial charge in [-0.1, -0.05) is 12.1 Å². The highest BCUT2D eigenvalue weighted by Gasteiger charge is 2.45. The van der Waals surface area contributed by atoms with Crippen molar-refractivity contribution in [3.05, 3.63) is 66.5 Å². The molecule has 16 nitrogen and oxygen atoms in total. The molecule has 0 bridgehead atoms. The summed E-state index contributed by atoms with van der Waals surface area (Å²) in [4.78, 5) is 68.5. The Balaban J connectivity index is 0.000000187. The van der Waals surface area contributed by atoms with Gasteiger partial charge in [-0.05, 0) is 57.2 Å². The third kappa shape index (κ3) is 10.4. The molecule has 6 rings (SSSR count). The van der Waals surface area contributed by atoms with Crippen molar-refractivity contribution in [2.75, 3.05) is 46.9 Å². The maximum absolute atomic E-state index is 13.1. The first-order chi connectivity index (χ1) is 26.4. The number of hydrogen-bond donors (Lipinski definition) is 4. The summed E-state index contributed by atoms with van der Waals surface area (Å²) in [6.45, 7) is 5.25. The van der Waals surface area contributed by atoms with Gasteiger partial charge in [-0.2, -0.15) is 0 Å². The minimum Gasteiger partial charge on any atom is -0.493 e. The number of nitrogens with one attached hydrogen (secondary N) is 3. The van der Waals surface area contributed by atoms with Gasteiger partial charge in [0.2, 0.25) is 35.4 Å². The minimum atomic E-state index is -0.936. The van der Waals surface area contributed by atoms with Crippen molar-refractivity contribution in [3.63, 3.8) is 0 Å². The first-order valence-corrected chi connectivity index (χ1v) is 17.3. The molecule has 0 radical (unpaired) electrons. The zero-order valence-corrected chi connectivity index (χ0v) is 31.9. The largest absolute Gasteiger partial charge is 0.493 e. The summed E-state index contributed by atoms with van der Waals surface area (Å²) in [6, 6.07) is 16.0. The smallest absolute Gasteiger partial charge is 0.236 e. The molecule has 3 aliphatic heterocycles. The fourth-order valence-corrected chi connectivity index (χ4v) is 5.63. The Morgan fingerprint density at radius 3 is 1.32 bits per heavy atom. The topological polar surface area (TPSA) is 220 Å². The van der Waals surface area contributed by atoms with E-state index in [0.717, 1.165) is 0 Å². The summed E-state index contributed by atoms with van der Waals surface area (Å²) in [5, 5.41) is 6.78.